The van der Waals surface area contributed by atoms with Gasteiger partial charge in [-0.2, -0.15) is 23.7 Å². The van der Waals surface area contributed by atoms with Crippen LogP contribution in [0.4, 0.5) is 30.8 Å². The molecule has 0 atom stereocenters. The SMILES string of the molecule is CC.CC(C)Nc1nc(Nc2cccc(S(C)(=O)=O)c2)nc(-c2cc(F)cc(C(C)(F)F)n2)n1.[HH].[HH]. The normalized spacial score (nSPS) is 11.6. The molecule has 0 saturated carbocycles. The van der Waals surface area contributed by atoms with Gasteiger partial charge < -0.3 is 10.6 Å². The summed E-state index contributed by atoms with van der Waals surface area (Å²) in [5, 5.41) is 5.83. The average molecular weight is 501 g/mol. The van der Waals surface area contributed by atoms with Gasteiger partial charge in [0.15, 0.2) is 15.7 Å². The van der Waals surface area contributed by atoms with Crippen LogP contribution in [0, 0.1) is 5.82 Å². The minimum absolute atomic E-state index is 0. The van der Waals surface area contributed by atoms with Crippen LogP contribution in [0.3, 0.4) is 0 Å². The van der Waals surface area contributed by atoms with Crippen LogP contribution in [0.1, 0.15) is 43.2 Å². The minimum atomic E-state index is -3.44. The van der Waals surface area contributed by atoms with Crippen molar-refractivity contribution in [1.82, 2.24) is 19.9 Å². The number of hydrogen-bond donors (Lipinski definition) is 2. The second kappa shape index (κ2) is 10.8. The highest BCUT2D eigenvalue weighted by Crippen LogP contribution is 2.28. The van der Waals surface area contributed by atoms with Crippen LogP contribution in [0.2, 0.25) is 0 Å². The summed E-state index contributed by atoms with van der Waals surface area (Å²) >= 11 is 0. The molecule has 2 aromatic heterocycles. The lowest BCUT2D eigenvalue weighted by molar-refractivity contribution is 0.0125. The summed E-state index contributed by atoms with van der Waals surface area (Å²) < 4.78 is 65.1. The predicted octanol–water partition coefficient (Wildman–Crippen LogP) is 5.67. The Morgan fingerprint density at radius 1 is 1.00 bits per heavy atom. The molecule has 0 aliphatic carbocycles. The van der Waals surface area contributed by atoms with Crippen LogP contribution in [0.15, 0.2) is 41.3 Å². The number of alkyl halides is 2. The molecule has 34 heavy (non-hydrogen) atoms. The lowest BCUT2D eigenvalue weighted by Gasteiger charge is -2.14. The molecule has 2 N–H and O–H groups in total. The molecule has 3 rings (SSSR count). The van der Waals surface area contributed by atoms with Crippen molar-refractivity contribution >= 4 is 27.4 Å². The van der Waals surface area contributed by atoms with E-state index in [4.69, 9.17) is 0 Å². The highest BCUT2D eigenvalue weighted by molar-refractivity contribution is 7.90. The van der Waals surface area contributed by atoms with E-state index in [-0.39, 0.29) is 37.2 Å². The van der Waals surface area contributed by atoms with Crippen molar-refractivity contribution in [2.45, 2.75) is 51.5 Å². The maximum absolute atomic E-state index is 14.0. The third-order valence-corrected chi connectivity index (χ3v) is 5.15. The zero-order valence-electron chi connectivity index (χ0n) is 19.7. The van der Waals surface area contributed by atoms with Crippen molar-refractivity contribution in [3.05, 3.63) is 47.9 Å². The molecular formula is C22H31F3N6O2S. The molecule has 0 saturated heterocycles. The predicted molar refractivity (Wildman–Crippen MR) is 130 cm³/mol. The van der Waals surface area contributed by atoms with E-state index in [1.54, 1.807) is 6.07 Å². The molecule has 3 aromatic rings. The zero-order chi connectivity index (χ0) is 25.7. The molecule has 0 aliphatic heterocycles. The fourth-order valence-corrected chi connectivity index (χ4v) is 3.31. The topological polar surface area (TPSA) is 110 Å². The number of halogens is 3. The Hall–Kier alpha value is -3.28. The van der Waals surface area contributed by atoms with Crippen molar-refractivity contribution in [2.24, 2.45) is 0 Å². The van der Waals surface area contributed by atoms with Crippen LogP contribution in [-0.4, -0.2) is 40.7 Å². The maximum atomic E-state index is 14.0. The first-order valence-corrected chi connectivity index (χ1v) is 12.4. The molecule has 0 spiro atoms. The average Bonchev–Trinajstić information content (AvgIpc) is 2.73. The number of nitrogens with zero attached hydrogens (tertiary/aromatic N) is 4. The van der Waals surface area contributed by atoms with Gasteiger partial charge in [-0.05, 0) is 32.0 Å². The molecule has 12 heteroatoms. The van der Waals surface area contributed by atoms with Crippen LogP contribution in [0.5, 0.6) is 0 Å². The fraction of sp³-hybridized carbons (Fsp3) is 0.364. The summed E-state index contributed by atoms with van der Waals surface area (Å²) in [6.45, 7) is 8.28. The van der Waals surface area contributed by atoms with Gasteiger partial charge in [0.25, 0.3) is 5.92 Å². The first-order chi connectivity index (χ1) is 15.8. The molecule has 0 fully saturated rings. The number of aromatic nitrogens is 4. The molecule has 0 unspecified atom stereocenters. The number of benzene rings is 1. The van der Waals surface area contributed by atoms with E-state index in [9.17, 15) is 21.6 Å². The molecule has 0 amide bonds. The van der Waals surface area contributed by atoms with Gasteiger partial charge in [-0.25, -0.2) is 17.8 Å². The third-order valence-electron chi connectivity index (χ3n) is 4.04. The Bertz CT molecular complexity index is 1260. The van der Waals surface area contributed by atoms with Gasteiger partial charge in [-0.15, -0.1) is 0 Å². The molecule has 188 valence electrons. The molecule has 8 nitrogen and oxygen atoms in total. The smallest absolute Gasteiger partial charge is 0.287 e. The summed E-state index contributed by atoms with van der Waals surface area (Å²) in [4.78, 5) is 16.4. The Morgan fingerprint density at radius 2 is 1.65 bits per heavy atom. The molecule has 1 aromatic carbocycles. The highest BCUT2D eigenvalue weighted by atomic mass is 32.2. The largest absolute Gasteiger partial charge is 0.352 e. The molecule has 2 heterocycles. The number of anilines is 3. The number of rotatable bonds is 7. The third kappa shape index (κ3) is 7.37. The lowest BCUT2D eigenvalue weighted by atomic mass is 10.2. The maximum Gasteiger partial charge on any atom is 0.287 e. The lowest BCUT2D eigenvalue weighted by Crippen LogP contribution is -2.15. The van der Waals surface area contributed by atoms with Crippen molar-refractivity contribution in [2.75, 3.05) is 16.9 Å². The van der Waals surface area contributed by atoms with Crippen LogP contribution < -0.4 is 10.6 Å². The molecule has 0 radical (unpaired) electrons. The van der Waals surface area contributed by atoms with E-state index >= 15 is 0 Å². The van der Waals surface area contributed by atoms with E-state index in [2.05, 4.69) is 30.6 Å². The Morgan fingerprint density at radius 3 is 2.24 bits per heavy atom. The first-order valence-electron chi connectivity index (χ1n) is 10.5. The van der Waals surface area contributed by atoms with E-state index in [0.29, 0.717) is 18.7 Å². The second-order valence-corrected chi connectivity index (χ2v) is 9.49. The first kappa shape index (κ1) is 27.0. The van der Waals surface area contributed by atoms with Gasteiger partial charge >= 0.3 is 0 Å². The van der Waals surface area contributed by atoms with Gasteiger partial charge in [-0.3, -0.25) is 0 Å². The molecule has 0 aliphatic rings. The molecule has 0 bridgehead atoms. The summed E-state index contributed by atoms with van der Waals surface area (Å²) in [7, 11) is -3.44. The van der Waals surface area contributed by atoms with E-state index < -0.39 is 27.3 Å². The van der Waals surface area contributed by atoms with E-state index in [1.807, 2.05) is 27.7 Å². The number of hydrogen-bond acceptors (Lipinski definition) is 8. The molecular weight excluding hydrogens is 469 g/mol. The van der Waals surface area contributed by atoms with Crippen LogP contribution in [0.25, 0.3) is 11.5 Å². The minimum Gasteiger partial charge on any atom is -0.352 e. The standard InChI is InChI=1S/C20H21F3N6O2S.C2H6.2H2/c1-11(2)24-18-27-17(15-8-12(21)9-16(26-15)20(3,22)23)28-19(29-18)25-13-6-5-7-14(10-13)32(4,30)31;1-2;;/h5-11H,1-4H3,(H2,24,25,27,28,29);1-2H3;2*1H. The van der Waals surface area contributed by atoms with Gasteiger partial charge in [0.05, 0.1) is 4.90 Å². The fourth-order valence-electron chi connectivity index (χ4n) is 2.64. The Labute approximate surface area is 200 Å². The monoisotopic (exact) mass is 500 g/mol. The Balaban J connectivity index is 0.00000299. The van der Waals surface area contributed by atoms with Gasteiger partial charge in [-0.1, -0.05) is 19.9 Å². The van der Waals surface area contributed by atoms with E-state index in [1.165, 1.54) is 18.2 Å². The number of pyridine rings is 1. The zero-order valence-corrected chi connectivity index (χ0v) is 20.5. The van der Waals surface area contributed by atoms with Crippen molar-refractivity contribution in [3.63, 3.8) is 0 Å². The summed E-state index contributed by atoms with van der Waals surface area (Å²) in [6, 6.07) is 7.48. The van der Waals surface area contributed by atoms with Gasteiger partial charge in [0.1, 0.15) is 17.2 Å². The second-order valence-electron chi connectivity index (χ2n) is 7.47. The van der Waals surface area contributed by atoms with Gasteiger partial charge in [0, 0.05) is 39.9 Å². The quantitative estimate of drug-likeness (QED) is 0.427. The highest BCUT2D eigenvalue weighted by Gasteiger charge is 2.28. The van der Waals surface area contributed by atoms with Gasteiger partial charge in [0.2, 0.25) is 11.9 Å². The summed E-state index contributed by atoms with van der Waals surface area (Å²) in [6.07, 6.45) is 1.08. The Kier molecular flexibility index (Phi) is 8.54. The van der Waals surface area contributed by atoms with Crippen molar-refractivity contribution in [1.29, 1.82) is 0 Å². The number of nitrogens with one attached hydrogen (secondary N) is 2. The number of sulfone groups is 1. The summed E-state index contributed by atoms with van der Waals surface area (Å²) in [5.41, 5.74) is -0.598. The summed E-state index contributed by atoms with van der Waals surface area (Å²) in [5.74, 6) is -4.34. The van der Waals surface area contributed by atoms with Crippen LogP contribution in [-0.2, 0) is 15.8 Å². The van der Waals surface area contributed by atoms with E-state index in [0.717, 1.165) is 12.3 Å². The van der Waals surface area contributed by atoms with Crippen molar-refractivity contribution in [3.8, 4) is 11.5 Å². The van der Waals surface area contributed by atoms with Crippen molar-refractivity contribution < 1.29 is 24.4 Å². The van der Waals surface area contributed by atoms with Crippen LogP contribution >= 0.6 is 0 Å².